The number of likely N-dealkylation sites (tertiary alicyclic amines) is 1. The molecular weight excluding hydrogens is 328 g/mol. The van der Waals surface area contributed by atoms with Gasteiger partial charge in [0.25, 0.3) is 0 Å². The van der Waals surface area contributed by atoms with E-state index in [4.69, 9.17) is 21.1 Å². The van der Waals surface area contributed by atoms with Crippen LogP contribution in [-0.4, -0.2) is 43.2 Å². The van der Waals surface area contributed by atoms with Gasteiger partial charge in [-0.25, -0.2) is 9.78 Å². The number of hydrogen-bond donors (Lipinski definition) is 0. The largest absolute Gasteiger partial charge is 0.480 e. The number of esters is 1. The molecule has 0 N–H and O–H groups in total. The fourth-order valence-corrected chi connectivity index (χ4v) is 3.44. The summed E-state index contributed by atoms with van der Waals surface area (Å²) in [5, 5.41) is 1.45. The number of rotatable bonds is 4. The maximum absolute atomic E-state index is 11.9. The zero-order chi connectivity index (χ0) is 17.1. The van der Waals surface area contributed by atoms with Gasteiger partial charge in [0.15, 0.2) is 0 Å². The van der Waals surface area contributed by atoms with E-state index in [1.807, 2.05) is 12.1 Å². The first kappa shape index (κ1) is 17.0. The minimum Gasteiger partial charge on any atom is -0.480 e. The molecule has 0 amide bonds. The number of carbonyl (C=O) groups excluding carboxylic acids is 1. The Morgan fingerprint density at radius 2 is 1.96 bits per heavy atom. The van der Waals surface area contributed by atoms with Gasteiger partial charge in [-0.1, -0.05) is 18.0 Å². The summed E-state index contributed by atoms with van der Waals surface area (Å²) >= 11 is 6.29. The summed E-state index contributed by atoms with van der Waals surface area (Å²) in [5.41, 5.74) is 2.17. The van der Waals surface area contributed by atoms with Crippen LogP contribution in [0, 0.1) is 0 Å². The summed E-state index contributed by atoms with van der Waals surface area (Å²) in [7, 11) is 2.84. The summed E-state index contributed by atoms with van der Waals surface area (Å²) in [5.74, 6) is -0.199. The standard InChI is InChI=1S/C18H21ClN2O3/c1-23-17-15(18(22)24-2)10-12-8-14(19)9-13(16(12)20-17)11-21-6-4-3-5-7-21/h8-10H,3-7,11H2,1-2H3. The quantitative estimate of drug-likeness (QED) is 0.789. The van der Waals surface area contributed by atoms with Crippen LogP contribution in [-0.2, 0) is 11.3 Å². The van der Waals surface area contributed by atoms with Crippen molar-refractivity contribution >= 4 is 28.5 Å². The number of ether oxygens (including phenoxy) is 2. The molecule has 0 spiro atoms. The first-order valence-electron chi connectivity index (χ1n) is 8.10. The van der Waals surface area contributed by atoms with E-state index >= 15 is 0 Å². The third-order valence-electron chi connectivity index (χ3n) is 4.37. The van der Waals surface area contributed by atoms with Crippen LogP contribution >= 0.6 is 11.6 Å². The zero-order valence-electron chi connectivity index (χ0n) is 14.0. The number of carbonyl (C=O) groups is 1. The van der Waals surface area contributed by atoms with Crippen molar-refractivity contribution in [3.05, 3.63) is 34.3 Å². The highest BCUT2D eigenvalue weighted by atomic mass is 35.5. The molecule has 24 heavy (non-hydrogen) atoms. The molecule has 1 aromatic heterocycles. The second kappa shape index (κ2) is 7.36. The Hall–Kier alpha value is -1.85. The molecule has 1 fully saturated rings. The second-order valence-corrected chi connectivity index (χ2v) is 6.45. The molecule has 1 aliphatic heterocycles. The number of nitrogens with zero attached hydrogens (tertiary/aromatic N) is 2. The summed E-state index contributed by atoms with van der Waals surface area (Å²) in [6.07, 6.45) is 3.74. The number of methoxy groups -OCH3 is 2. The van der Waals surface area contributed by atoms with Gasteiger partial charge >= 0.3 is 5.97 Å². The van der Waals surface area contributed by atoms with Crippen molar-refractivity contribution in [2.45, 2.75) is 25.8 Å². The predicted octanol–water partition coefficient (Wildman–Crippen LogP) is 3.67. The minimum atomic E-state index is -0.473. The molecule has 0 aliphatic carbocycles. The number of pyridine rings is 1. The smallest absolute Gasteiger partial charge is 0.343 e. The third-order valence-corrected chi connectivity index (χ3v) is 4.59. The summed E-state index contributed by atoms with van der Waals surface area (Å²) in [6.45, 7) is 2.97. The number of hydrogen-bond acceptors (Lipinski definition) is 5. The van der Waals surface area contributed by atoms with E-state index in [0.717, 1.165) is 36.1 Å². The van der Waals surface area contributed by atoms with Crippen molar-refractivity contribution < 1.29 is 14.3 Å². The molecule has 2 aromatic rings. The second-order valence-electron chi connectivity index (χ2n) is 6.01. The van der Waals surface area contributed by atoms with Crippen LogP contribution in [0.2, 0.25) is 5.02 Å². The molecule has 5 nitrogen and oxygen atoms in total. The van der Waals surface area contributed by atoms with Crippen LogP contribution in [0.5, 0.6) is 5.88 Å². The molecule has 0 radical (unpaired) electrons. The van der Waals surface area contributed by atoms with E-state index in [0.29, 0.717) is 10.6 Å². The fraction of sp³-hybridized carbons (Fsp3) is 0.444. The van der Waals surface area contributed by atoms with E-state index in [2.05, 4.69) is 9.88 Å². The maximum atomic E-state index is 11.9. The average Bonchev–Trinajstić information content (AvgIpc) is 2.60. The van der Waals surface area contributed by atoms with Crippen LogP contribution in [0.1, 0.15) is 35.2 Å². The molecule has 1 aromatic carbocycles. The molecule has 0 bridgehead atoms. The van der Waals surface area contributed by atoms with Gasteiger partial charge in [-0.05, 0) is 49.7 Å². The number of fused-ring (bicyclic) bond motifs is 1. The average molecular weight is 349 g/mol. The maximum Gasteiger partial charge on any atom is 0.343 e. The minimum absolute atomic E-state index is 0.275. The van der Waals surface area contributed by atoms with Gasteiger partial charge < -0.3 is 9.47 Å². The zero-order valence-corrected chi connectivity index (χ0v) is 14.7. The van der Waals surface area contributed by atoms with E-state index in [9.17, 15) is 4.79 Å². The van der Waals surface area contributed by atoms with Crippen LogP contribution in [0.4, 0.5) is 0 Å². The number of benzene rings is 1. The fourth-order valence-electron chi connectivity index (χ4n) is 3.19. The molecule has 6 heteroatoms. The van der Waals surface area contributed by atoms with Gasteiger partial charge in [0.1, 0.15) is 5.56 Å². The van der Waals surface area contributed by atoms with E-state index in [1.54, 1.807) is 6.07 Å². The van der Waals surface area contributed by atoms with Gasteiger partial charge in [0.2, 0.25) is 5.88 Å². The van der Waals surface area contributed by atoms with Crippen LogP contribution in [0.3, 0.4) is 0 Å². The van der Waals surface area contributed by atoms with Crippen LogP contribution in [0.25, 0.3) is 10.9 Å². The Bertz CT molecular complexity index is 758. The first-order valence-corrected chi connectivity index (χ1v) is 8.48. The lowest BCUT2D eigenvalue weighted by molar-refractivity contribution is 0.0596. The van der Waals surface area contributed by atoms with Crippen molar-refractivity contribution in [2.24, 2.45) is 0 Å². The van der Waals surface area contributed by atoms with Gasteiger partial charge in [-0.2, -0.15) is 0 Å². The van der Waals surface area contributed by atoms with Crippen molar-refractivity contribution in [3.63, 3.8) is 0 Å². The first-order chi connectivity index (χ1) is 11.6. The Labute approximate surface area is 146 Å². The van der Waals surface area contributed by atoms with Crippen molar-refractivity contribution in [2.75, 3.05) is 27.3 Å². The van der Waals surface area contributed by atoms with Gasteiger partial charge in [-0.3, -0.25) is 4.90 Å². The third kappa shape index (κ3) is 3.47. The Morgan fingerprint density at radius 3 is 2.62 bits per heavy atom. The van der Waals surface area contributed by atoms with Crippen LogP contribution in [0.15, 0.2) is 18.2 Å². The monoisotopic (exact) mass is 348 g/mol. The molecule has 128 valence electrons. The number of aromatic nitrogens is 1. The molecule has 3 rings (SSSR count). The number of halogens is 1. The summed E-state index contributed by atoms with van der Waals surface area (Å²) in [6, 6.07) is 5.50. The van der Waals surface area contributed by atoms with E-state index in [1.165, 1.54) is 33.5 Å². The summed E-state index contributed by atoms with van der Waals surface area (Å²) in [4.78, 5) is 18.9. The molecule has 0 unspecified atom stereocenters. The van der Waals surface area contributed by atoms with Crippen molar-refractivity contribution in [1.29, 1.82) is 0 Å². The van der Waals surface area contributed by atoms with Gasteiger partial charge in [0.05, 0.1) is 19.7 Å². The topological polar surface area (TPSA) is 51.7 Å². The Morgan fingerprint density at radius 1 is 1.21 bits per heavy atom. The predicted molar refractivity (Wildman–Crippen MR) is 93.8 cm³/mol. The van der Waals surface area contributed by atoms with E-state index in [-0.39, 0.29) is 5.88 Å². The van der Waals surface area contributed by atoms with Crippen LogP contribution < -0.4 is 4.74 Å². The molecule has 1 aliphatic rings. The van der Waals surface area contributed by atoms with E-state index < -0.39 is 5.97 Å². The highest BCUT2D eigenvalue weighted by Gasteiger charge is 2.19. The molecule has 0 saturated carbocycles. The van der Waals surface area contributed by atoms with Crippen molar-refractivity contribution in [1.82, 2.24) is 9.88 Å². The molecule has 0 atom stereocenters. The van der Waals surface area contributed by atoms with Gasteiger partial charge in [0, 0.05) is 17.0 Å². The lowest BCUT2D eigenvalue weighted by Crippen LogP contribution is -2.29. The SMILES string of the molecule is COC(=O)c1cc2cc(Cl)cc(CN3CCCCC3)c2nc1OC. The lowest BCUT2D eigenvalue weighted by Gasteiger charge is -2.26. The summed E-state index contributed by atoms with van der Waals surface area (Å²) < 4.78 is 10.1. The Balaban J connectivity index is 2.06. The van der Waals surface area contributed by atoms with Crippen molar-refractivity contribution in [3.8, 4) is 5.88 Å². The molecule has 1 saturated heterocycles. The number of piperidine rings is 1. The Kier molecular flexibility index (Phi) is 5.21. The highest BCUT2D eigenvalue weighted by molar-refractivity contribution is 6.31. The molecule has 2 heterocycles. The molecular formula is C18H21ClN2O3. The lowest BCUT2D eigenvalue weighted by atomic mass is 10.1. The normalized spacial score (nSPS) is 15.5. The van der Waals surface area contributed by atoms with Gasteiger partial charge in [-0.15, -0.1) is 0 Å². The highest BCUT2D eigenvalue weighted by Crippen LogP contribution is 2.29.